The van der Waals surface area contributed by atoms with Crippen molar-refractivity contribution in [3.05, 3.63) is 30.1 Å². The Bertz CT molecular complexity index is 352. The molecule has 1 aliphatic rings. The number of aromatic nitrogens is 1. The van der Waals surface area contributed by atoms with E-state index in [9.17, 15) is 4.79 Å². The van der Waals surface area contributed by atoms with Crippen molar-refractivity contribution in [1.82, 2.24) is 15.6 Å². The molecule has 0 radical (unpaired) electrons. The summed E-state index contributed by atoms with van der Waals surface area (Å²) >= 11 is 0. The normalized spacial score (nSPS) is 20.4. The van der Waals surface area contributed by atoms with Crippen LogP contribution >= 0.6 is 12.4 Å². The molecule has 94 valence electrons. The fraction of sp³-hybridized carbons (Fsp3) is 0.500. The number of carbonyl (C=O) groups is 1. The number of pyridine rings is 1. The Kier molecular flexibility index (Phi) is 5.38. The van der Waals surface area contributed by atoms with Gasteiger partial charge in [0.2, 0.25) is 5.91 Å². The van der Waals surface area contributed by atoms with Gasteiger partial charge in [0, 0.05) is 12.4 Å². The standard InChI is InChI=1S/C12H17N3O.ClH/c1-9(10-4-2-6-13-8-10)15-12(16)11-5-3-7-14-11;/h2,4,6,8-9,11,14H,3,5,7H2,1H3,(H,15,16);1H. The van der Waals surface area contributed by atoms with Gasteiger partial charge in [0.1, 0.15) is 0 Å². The minimum Gasteiger partial charge on any atom is -0.348 e. The van der Waals surface area contributed by atoms with E-state index in [1.807, 2.05) is 19.1 Å². The lowest BCUT2D eigenvalue weighted by atomic mass is 10.1. The van der Waals surface area contributed by atoms with Crippen molar-refractivity contribution in [3.8, 4) is 0 Å². The summed E-state index contributed by atoms with van der Waals surface area (Å²) < 4.78 is 0. The van der Waals surface area contributed by atoms with Crippen LogP contribution < -0.4 is 10.6 Å². The van der Waals surface area contributed by atoms with Gasteiger partial charge in [-0.1, -0.05) is 6.07 Å². The first-order valence-corrected chi connectivity index (χ1v) is 5.71. The van der Waals surface area contributed by atoms with E-state index in [1.165, 1.54) is 0 Å². The second-order valence-electron chi connectivity index (χ2n) is 4.17. The molecule has 1 aromatic heterocycles. The zero-order valence-electron chi connectivity index (χ0n) is 9.85. The van der Waals surface area contributed by atoms with E-state index in [2.05, 4.69) is 15.6 Å². The first kappa shape index (κ1) is 13.9. The van der Waals surface area contributed by atoms with E-state index in [4.69, 9.17) is 0 Å². The van der Waals surface area contributed by atoms with Gasteiger partial charge in [-0.3, -0.25) is 9.78 Å². The summed E-state index contributed by atoms with van der Waals surface area (Å²) in [6.45, 7) is 2.92. The number of rotatable bonds is 3. The zero-order valence-corrected chi connectivity index (χ0v) is 10.7. The van der Waals surface area contributed by atoms with Gasteiger partial charge in [0.05, 0.1) is 12.1 Å². The predicted octanol–water partition coefficient (Wildman–Crippen LogP) is 1.43. The van der Waals surface area contributed by atoms with E-state index in [0.29, 0.717) is 0 Å². The number of nitrogens with zero attached hydrogens (tertiary/aromatic N) is 1. The molecule has 0 saturated carbocycles. The molecule has 2 N–H and O–H groups in total. The molecule has 4 nitrogen and oxygen atoms in total. The van der Waals surface area contributed by atoms with Gasteiger partial charge < -0.3 is 10.6 Å². The maximum absolute atomic E-state index is 11.8. The summed E-state index contributed by atoms with van der Waals surface area (Å²) in [5, 5.41) is 6.18. The molecule has 0 bridgehead atoms. The number of hydrogen-bond donors (Lipinski definition) is 2. The van der Waals surface area contributed by atoms with Crippen molar-refractivity contribution >= 4 is 18.3 Å². The Labute approximate surface area is 108 Å². The van der Waals surface area contributed by atoms with Crippen molar-refractivity contribution in [3.63, 3.8) is 0 Å². The highest BCUT2D eigenvalue weighted by atomic mass is 35.5. The Morgan fingerprint density at radius 1 is 1.65 bits per heavy atom. The molecule has 5 heteroatoms. The van der Waals surface area contributed by atoms with Crippen LogP contribution in [0, 0.1) is 0 Å². The molecule has 0 spiro atoms. The topological polar surface area (TPSA) is 54.0 Å². The third-order valence-electron chi connectivity index (χ3n) is 2.92. The lowest BCUT2D eigenvalue weighted by molar-refractivity contribution is -0.123. The van der Waals surface area contributed by atoms with E-state index in [1.54, 1.807) is 12.4 Å². The van der Waals surface area contributed by atoms with Crippen LogP contribution in [0.5, 0.6) is 0 Å². The SMILES string of the molecule is CC(NC(=O)C1CCCN1)c1cccnc1.Cl. The van der Waals surface area contributed by atoms with E-state index in [-0.39, 0.29) is 30.4 Å². The van der Waals surface area contributed by atoms with Crippen LogP contribution in [0.15, 0.2) is 24.5 Å². The minimum absolute atomic E-state index is 0. The number of carbonyl (C=O) groups excluding carboxylic acids is 1. The third-order valence-corrected chi connectivity index (χ3v) is 2.92. The van der Waals surface area contributed by atoms with Gasteiger partial charge in [-0.15, -0.1) is 12.4 Å². The predicted molar refractivity (Wildman–Crippen MR) is 69.1 cm³/mol. The smallest absolute Gasteiger partial charge is 0.237 e. The highest BCUT2D eigenvalue weighted by Gasteiger charge is 2.23. The molecular weight excluding hydrogens is 238 g/mol. The monoisotopic (exact) mass is 255 g/mol. The van der Waals surface area contributed by atoms with E-state index >= 15 is 0 Å². The lowest BCUT2D eigenvalue weighted by Crippen LogP contribution is -2.41. The van der Waals surface area contributed by atoms with Crippen LogP contribution in [0.4, 0.5) is 0 Å². The number of nitrogens with one attached hydrogen (secondary N) is 2. The molecule has 2 atom stereocenters. The number of amides is 1. The summed E-state index contributed by atoms with van der Waals surface area (Å²) in [4.78, 5) is 15.9. The van der Waals surface area contributed by atoms with Gasteiger partial charge in [0.25, 0.3) is 0 Å². The summed E-state index contributed by atoms with van der Waals surface area (Å²) in [5.74, 6) is 0.0915. The van der Waals surface area contributed by atoms with Crippen molar-refractivity contribution in [2.75, 3.05) is 6.54 Å². The molecule has 1 aromatic rings. The third kappa shape index (κ3) is 3.68. The first-order valence-electron chi connectivity index (χ1n) is 5.71. The van der Waals surface area contributed by atoms with E-state index in [0.717, 1.165) is 24.9 Å². The fourth-order valence-corrected chi connectivity index (χ4v) is 1.94. The van der Waals surface area contributed by atoms with E-state index < -0.39 is 0 Å². The van der Waals surface area contributed by atoms with Gasteiger partial charge in [-0.25, -0.2) is 0 Å². The molecular formula is C12H18ClN3O. The van der Waals surface area contributed by atoms with Gasteiger partial charge >= 0.3 is 0 Å². The molecule has 0 aliphatic carbocycles. The van der Waals surface area contributed by atoms with Crippen molar-refractivity contribution < 1.29 is 4.79 Å². The van der Waals surface area contributed by atoms with Gasteiger partial charge in [-0.2, -0.15) is 0 Å². The quantitative estimate of drug-likeness (QED) is 0.859. The minimum atomic E-state index is -0.0147. The molecule has 2 unspecified atom stereocenters. The summed E-state index contributed by atoms with van der Waals surface area (Å²) in [6.07, 6.45) is 5.54. The zero-order chi connectivity index (χ0) is 11.4. The Morgan fingerprint density at radius 3 is 3.06 bits per heavy atom. The highest BCUT2D eigenvalue weighted by Crippen LogP contribution is 2.12. The van der Waals surface area contributed by atoms with Crippen LogP contribution in [0.3, 0.4) is 0 Å². The maximum atomic E-state index is 11.8. The van der Waals surface area contributed by atoms with Crippen LogP contribution in [0.25, 0.3) is 0 Å². The largest absolute Gasteiger partial charge is 0.348 e. The molecule has 0 aromatic carbocycles. The Hall–Kier alpha value is -1.13. The van der Waals surface area contributed by atoms with Gasteiger partial charge in [0.15, 0.2) is 0 Å². The highest BCUT2D eigenvalue weighted by molar-refractivity contribution is 5.85. The van der Waals surface area contributed by atoms with Crippen LogP contribution in [-0.4, -0.2) is 23.5 Å². The molecule has 2 rings (SSSR count). The Morgan fingerprint density at radius 2 is 2.47 bits per heavy atom. The lowest BCUT2D eigenvalue weighted by Gasteiger charge is -2.17. The second kappa shape index (κ2) is 6.57. The average molecular weight is 256 g/mol. The number of halogens is 1. The van der Waals surface area contributed by atoms with Crippen LogP contribution in [-0.2, 0) is 4.79 Å². The molecule has 17 heavy (non-hydrogen) atoms. The Balaban J connectivity index is 0.00000144. The van der Waals surface area contributed by atoms with Crippen molar-refractivity contribution in [2.24, 2.45) is 0 Å². The molecule has 1 aliphatic heterocycles. The van der Waals surface area contributed by atoms with Crippen molar-refractivity contribution in [2.45, 2.75) is 31.8 Å². The second-order valence-corrected chi connectivity index (χ2v) is 4.17. The summed E-state index contributed by atoms with van der Waals surface area (Å²) in [6, 6.07) is 3.86. The number of hydrogen-bond acceptors (Lipinski definition) is 3. The average Bonchev–Trinajstić information content (AvgIpc) is 2.83. The maximum Gasteiger partial charge on any atom is 0.237 e. The molecule has 1 amide bonds. The first-order chi connectivity index (χ1) is 7.77. The molecule has 2 heterocycles. The van der Waals surface area contributed by atoms with Crippen LogP contribution in [0.2, 0.25) is 0 Å². The summed E-state index contributed by atoms with van der Waals surface area (Å²) in [5.41, 5.74) is 1.04. The van der Waals surface area contributed by atoms with Crippen LogP contribution in [0.1, 0.15) is 31.4 Å². The van der Waals surface area contributed by atoms with Crippen molar-refractivity contribution in [1.29, 1.82) is 0 Å². The summed E-state index contributed by atoms with van der Waals surface area (Å²) in [7, 11) is 0. The van der Waals surface area contributed by atoms with Gasteiger partial charge in [-0.05, 0) is 37.9 Å². The fourth-order valence-electron chi connectivity index (χ4n) is 1.94. The molecule has 1 fully saturated rings. The molecule has 1 saturated heterocycles.